The Labute approximate surface area is 132 Å². The molecule has 0 radical (unpaired) electrons. The van der Waals surface area contributed by atoms with Gasteiger partial charge < -0.3 is 0 Å². The van der Waals surface area contributed by atoms with Crippen LogP contribution < -0.4 is 0 Å². The van der Waals surface area contributed by atoms with E-state index in [0.717, 1.165) is 40.9 Å². The van der Waals surface area contributed by atoms with Crippen LogP contribution in [0.15, 0.2) is 18.3 Å². The van der Waals surface area contributed by atoms with E-state index in [1.807, 2.05) is 23.9 Å². The highest BCUT2D eigenvalue weighted by Crippen LogP contribution is 2.38. The van der Waals surface area contributed by atoms with Crippen LogP contribution in [0.1, 0.15) is 17.9 Å². The lowest BCUT2D eigenvalue weighted by molar-refractivity contribution is 0.0936. The summed E-state index contributed by atoms with van der Waals surface area (Å²) < 4.78 is 14.7. The van der Waals surface area contributed by atoms with Crippen LogP contribution in [0.25, 0.3) is 10.9 Å². The number of alkyl halides is 1. The molecule has 3 nitrogen and oxygen atoms in total. The van der Waals surface area contributed by atoms with E-state index in [4.69, 9.17) is 11.6 Å². The lowest BCUT2D eigenvalue weighted by Gasteiger charge is -2.43. The number of piperidine rings is 1. The van der Waals surface area contributed by atoms with Crippen molar-refractivity contribution in [3.05, 3.63) is 28.9 Å². The topological polar surface area (TPSA) is 31.9 Å². The quantitative estimate of drug-likeness (QED) is 0.917. The van der Waals surface area contributed by atoms with Gasteiger partial charge in [-0.15, -0.1) is 0 Å². The van der Waals surface area contributed by atoms with Gasteiger partial charge in [0.25, 0.3) is 0 Å². The van der Waals surface area contributed by atoms with Crippen molar-refractivity contribution >= 4 is 34.3 Å². The number of nitrogens with one attached hydrogen (secondary N) is 1. The first-order chi connectivity index (χ1) is 10.2. The summed E-state index contributed by atoms with van der Waals surface area (Å²) in [6, 6.07) is 4.44. The summed E-state index contributed by atoms with van der Waals surface area (Å²) in [5.41, 5.74) is 1.85. The molecule has 21 heavy (non-hydrogen) atoms. The number of benzene rings is 1. The lowest BCUT2D eigenvalue weighted by Crippen LogP contribution is -2.51. The Morgan fingerprint density at radius 2 is 2.24 bits per heavy atom. The molecule has 2 aromatic rings. The van der Waals surface area contributed by atoms with Gasteiger partial charge in [-0.25, -0.2) is 4.39 Å². The van der Waals surface area contributed by atoms with E-state index in [-0.39, 0.29) is 5.92 Å². The summed E-state index contributed by atoms with van der Waals surface area (Å²) in [4.78, 5) is 2.31. The molecule has 6 heteroatoms. The largest absolute Gasteiger partial charge is 0.296 e. The minimum atomic E-state index is -0.845. The minimum absolute atomic E-state index is 0.103. The van der Waals surface area contributed by atoms with Crippen molar-refractivity contribution in [1.82, 2.24) is 15.1 Å². The van der Waals surface area contributed by atoms with Crippen LogP contribution in [-0.4, -0.2) is 51.9 Å². The second-order valence-corrected chi connectivity index (χ2v) is 7.41. The zero-order valence-electron chi connectivity index (χ0n) is 11.6. The molecule has 2 fully saturated rings. The SMILES string of the molecule is F[C@@H]1CN(C2CSC2)CCC1c1cc2[nH]ncc2cc1Cl. The summed E-state index contributed by atoms with van der Waals surface area (Å²) in [6.45, 7) is 1.50. The van der Waals surface area contributed by atoms with Crippen LogP contribution in [0, 0.1) is 0 Å². The van der Waals surface area contributed by atoms with Crippen molar-refractivity contribution in [2.45, 2.75) is 24.6 Å². The van der Waals surface area contributed by atoms with Gasteiger partial charge in [-0.3, -0.25) is 10.00 Å². The molecule has 2 saturated heterocycles. The Hall–Kier alpha value is -0.780. The van der Waals surface area contributed by atoms with Crippen LogP contribution >= 0.6 is 23.4 Å². The normalized spacial score (nSPS) is 27.9. The van der Waals surface area contributed by atoms with Gasteiger partial charge in [0.05, 0.1) is 11.7 Å². The molecular formula is C15H17ClFN3S. The number of hydrogen-bond donors (Lipinski definition) is 1. The highest BCUT2D eigenvalue weighted by Gasteiger charge is 2.36. The molecule has 1 aromatic carbocycles. The number of likely N-dealkylation sites (tertiary alicyclic amines) is 1. The molecule has 0 bridgehead atoms. The fourth-order valence-electron chi connectivity index (χ4n) is 3.31. The van der Waals surface area contributed by atoms with Crippen LogP contribution in [0.4, 0.5) is 4.39 Å². The van der Waals surface area contributed by atoms with Crippen LogP contribution in [0.3, 0.4) is 0 Å². The first-order valence-corrected chi connectivity index (χ1v) is 8.84. The number of aromatic amines is 1. The maximum atomic E-state index is 14.7. The highest BCUT2D eigenvalue weighted by molar-refractivity contribution is 8.00. The number of thioether (sulfide) groups is 1. The molecule has 1 aromatic heterocycles. The molecule has 0 saturated carbocycles. The Morgan fingerprint density at radius 3 is 2.95 bits per heavy atom. The summed E-state index contributed by atoms with van der Waals surface area (Å²) in [5.74, 6) is 2.20. The minimum Gasteiger partial charge on any atom is -0.296 e. The average molecular weight is 326 g/mol. The van der Waals surface area contributed by atoms with E-state index in [0.29, 0.717) is 17.6 Å². The van der Waals surface area contributed by atoms with E-state index in [2.05, 4.69) is 15.1 Å². The first-order valence-electron chi connectivity index (χ1n) is 7.31. The smallest absolute Gasteiger partial charge is 0.120 e. The Bertz CT molecular complexity index is 657. The van der Waals surface area contributed by atoms with Gasteiger partial charge in [0.1, 0.15) is 6.17 Å². The summed E-state index contributed by atoms with van der Waals surface area (Å²) in [5, 5.41) is 8.59. The van der Waals surface area contributed by atoms with Crippen molar-refractivity contribution in [1.29, 1.82) is 0 Å². The zero-order chi connectivity index (χ0) is 14.4. The maximum Gasteiger partial charge on any atom is 0.120 e. The highest BCUT2D eigenvalue weighted by atomic mass is 35.5. The molecule has 2 aliphatic rings. The van der Waals surface area contributed by atoms with E-state index in [9.17, 15) is 4.39 Å². The third kappa shape index (κ3) is 2.45. The number of aromatic nitrogens is 2. The van der Waals surface area contributed by atoms with Gasteiger partial charge in [-0.2, -0.15) is 16.9 Å². The van der Waals surface area contributed by atoms with Gasteiger partial charge >= 0.3 is 0 Å². The van der Waals surface area contributed by atoms with E-state index >= 15 is 0 Å². The van der Waals surface area contributed by atoms with Crippen molar-refractivity contribution in [2.75, 3.05) is 24.6 Å². The summed E-state index contributed by atoms with van der Waals surface area (Å²) in [6.07, 6.45) is 1.73. The molecule has 2 atom stereocenters. The van der Waals surface area contributed by atoms with Crippen molar-refractivity contribution < 1.29 is 4.39 Å². The standard InChI is InChI=1S/C15H17ClFN3S/c16-13-3-9-5-18-19-15(9)4-12(13)11-1-2-20(6-14(11)17)10-7-21-8-10/h3-5,10-11,14H,1-2,6-8H2,(H,18,19)/t11?,14-/m1/s1. The van der Waals surface area contributed by atoms with Gasteiger partial charge in [0.2, 0.25) is 0 Å². The Balaban J connectivity index is 1.58. The third-order valence-corrected chi connectivity index (χ3v) is 6.23. The van der Waals surface area contributed by atoms with Gasteiger partial charge in [0.15, 0.2) is 0 Å². The van der Waals surface area contributed by atoms with E-state index < -0.39 is 6.17 Å². The zero-order valence-corrected chi connectivity index (χ0v) is 13.1. The predicted molar refractivity (Wildman–Crippen MR) is 86.0 cm³/mol. The monoisotopic (exact) mass is 325 g/mol. The summed E-state index contributed by atoms with van der Waals surface area (Å²) in [7, 11) is 0. The number of hydrogen-bond acceptors (Lipinski definition) is 3. The number of rotatable bonds is 2. The number of nitrogens with zero attached hydrogens (tertiary/aromatic N) is 2. The van der Waals surface area contributed by atoms with Gasteiger partial charge in [-0.05, 0) is 30.7 Å². The Morgan fingerprint density at radius 1 is 1.38 bits per heavy atom. The molecule has 1 N–H and O–H groups in total. The lowest BCUT2D eigenvalue weighted by atomic mass is 9.87. The van der Waals surface area contributed by atoms with E-state index in [1.54, 1.807) is 6.20 Å². The molecule has 0 amide bonds. The number of halogens is 2. The molecule has 2 aliphatic heterocycles. The number of H-pyrrole nitrogens is 1. The van der Waals surface area contributed by atoms with Gasteiger partial charge in [0, 0.05) is 40.4 Å². The van der Waals surface area contributed by atoms with Crippen LogP contribution in [0.2, 0.25) is 5.02 Å². The molecule has 0 aliphatic carbocycles. The summed E-state index contributed by atoms with van der Waals surface area (Å²) >= 11 is 8.32. The van der Waals surface area contributed by atoms with E-state index in [1.165, 1.54) is 0 Å². The van der Waals surface area contributed by atoms with Gasteiger partial charge in [-0.1, -0.05) is 11.6 Å². The molecule has 4 rings (SSSR count). The fourth-order valence-corrected chi connectivity index (χ4v) is 4.49. The van der Waals surface area contributed by atoms with Crippen molar-refractivity contribution in [2.24, 2.45) is 0 Å². The molecule has 1 unspecified atom stereocenters. The third-order valence-electron chi connectivity index (χ3n) is 4.67. The van der Waals surface area contributed by atoms with Crippen LogP contribution in [0.5, 0.6) is 0 Å². The Kier molecular flexibility index (Phi) is 3.59. The predicted octanol–water partition coefficient (Wildman–Crippen LogP) is 3.46. The first kappa shape index (κ1) is 13.9. The second kappa shape index (κ2) is 5.45. The molecule has 3 heterocycles. The number of fused-ring (bicyclic) bond motifs is 1. The second-order valence-electron chi connectivity index (χ2n) is 5.93. The molecule has 0 spiro atoms. The molecule has 112 valence electrons. The fraction of sp³-hybridized carbons (Fsp3) is 0.533. The van der Waals surface area contributed by atoms with Crippen molar-refractivity contribution in [3.63, 3.8) is 0 Å². The molecular weight excluding hydrogens is 309 g/mol. The van der Waals surface area contributed by atoms with Crippen molar-refractivity contribution in [3.8, 4) is 0 Å². The maximum absolute atomic E-state index is 14.7. The average Bonchev–Trinajstić information content (AvgIpc) is 2.83. The van der Waals surface area contributed by atoms with Crippen LogP contribution in [-0.2, 0) is 0 Å².